The van der Waals surface area contributed by atoms with Crippen molar-refractivity contribution in [3.63, 3.8) is 0 Å². The summed E-state index contributed by atoms with van der Waals surface area (Å²) in [4.78, 5) is 22.3. The molecule has 0 aliphatic carbocycles. The Kier molecular flexibility index (Phi) is 5.67. The van der Waals surface area contributed by atoms with Gasteiger partial charge in [0.1, 0.15) is 17.5 Å². The van der Waals surface area contributed by atoms with Crippen LogP contribution in [0, 0.1) is 22.9 Å². The van der Waals surface area contributed by atoms with Crippen LogP contribution < -0.4 is 10.6 Å². The van der Waals surface area contributed by atoms with E-state index in [4.69, 9.17) is 0 Å². The molecule has 1 atom stereocenters. The maximum Gasteiger partial charge on any atom is 0.416 e. The van der Waals surface area contributed by atoms with Crippen LogP contribution in [0.15, 0.2) is 36.4 Å². The van der Waals surface area contributed by atoms with Crippen LogP contribution in [0.4, 0.5) is 34.6 Å². The number of carbonyl (C=O) groups excluding carboxylic acids is 1. The van der Waals surface area contributed by atoms with Gasteiger partial charge in [0, 0.05) is 11.8 Å². The predicted molar refractivity (Wildman–Crippen MR) is 90.9 cm³/mol. The lowest BCUT2D eigenvalue weighted by Gasteiger charge is -2.16. The Morgan fingerprint density at radius 3 is 2.41 bits per heavy atom. The Balaban J connectivity index is 2.18. The molecule has 1 amide bonds. The first kappa shape index (κ1) is 20.1. The third kappa shape index (κ3) is 4.93. The number of alkyl halides is 3. The van der Waals surface area contributed by atoms with E-state index in [2.05, 4.69) is 10.6 Å². The van der Waals surface area contributed by atoms with Gasteiger partial charge < -0.3 is 10.6 Å². The molecule has 2 aromatic carbocycles. The van der Waals surface area contributed by atoms with Crippen molar-refractivity contribution in [2.75, 3.05) is 10.6 Å². The van der Waals surface area contributed by atoms with E-state index in [-0.39, 0.29) is 11.4 Å². The smallest absolute Gasteiger partial charge is 0.368 e. The lowest BCUT2D eigenvalue weighted by Crippen LogP contribution is -2.32. The van der Waals surface area contributed by atoms with Crippen molar-refractivity contribution in [2.45, 2.75) is 26.1 Å². The Bertz CT molecular complexity index is 884. The summed E-state index contributed by atoms with van der Waals surface area (Å²) in [5, 5.41) is 16.0. The highest BCUT2D eigenvalue weighted by Gasteiger charge is 2.33. The molecule has 0 radical (unpaired) electrons. The van der Waals surface area contributed by atoms with Crippen LogP contribution in [0.2, 0.25) is 0 Å². The lowest BCUT2D eigenvalue weighted by molar-refractivity contribution is -0.384. The average molecular weight is 385 g/mol. The standard InChI is InChI=1S/C17H15F4N3O3/c1-9-3-5-12(8-13(9)18)23-16(25)10(2)22-14-6-4-11(17(19,20)21)7-15(14)24(26)27/h3-8,10,22H,1-2H3,(H,23,25)/t10-/m0/s1. The molecule has 144 valence electrons. The number of rotatable bonds is 5. The highest BCUT2D eigenvalue weighted by Crippen LogP contribution is 2.35. The molecule has 2 aromatic rings. The third-order valence-corrected chi connectivity index (χ3v) is 3.73. The Labute approximate surface area is 151 Å². The van der Waals surface area contributed by atoms with Gasteiger partial charge >= 0.3 is 6.18 Å². The highest BCUT2D eigenvalue weighted by molar-refractivity contribution is 5.96. The van der Waals surface area contributed by atoms with Crippen LogP contribution >= 0.6 is 0 Å². The molecule has 6 nitrogen and oxygen atoms in total. The molecule has 0 heterocycles. The lowest BCUT2D eigenvalue weighted by atomic mass is 10.1. The van der Waals surface area contributed by atoms with Gasteiger partial charge in [0.15, 0.2) is 0 Å². The third-order valence-electron chi connectivity index (χ3n) is 3.73. The van der Waals surface area contributed by atoms with E-state index in [1.807, 2.05) is 0 Å². The quantitative estimate of drug-likeness (QED) is 0.451. The highest BCUT2D eigenvalue weighted by atomic mass is 19.4. The Morgan fingerprint density at radius 1 is 1.19 bits per heavy atom. The molecule has 0 aliphatic rings. The van der Waals surface area contributed by atoms with Gasteiger partial charge in [-0.2, -0.15) is 13.2 Å². The molecule has 2 rings (SSSR count). The summed E-state index contributed by atoms with van der Waals surface area (Å²) in [5.74, 6) is -1.17. The normalized spacial score (nSPS) is 12.4. The van der Waals surface area contributed by atoms with E-state index in [9.17, 15) is 32.5 Å². The van der Waals surface area contributed by atoms with E-state index in [0.717, 1.165) is 12.1 Å². The molecule has 27 heavy (non-hydrogen) atoms. The first-order chi connectivity index (χ1) is 12.5. The molecule has 0 bridgehead atoms. The fraction of sp³-hybridized carbons (Fsp3) is 0.235. The number of hydrogen-bond acceptors (Lipinski definition) is 4. The van der Waals surface area contributed by atoms with Crippen LogP contribution in [-0.2, 0) is 11.0 Å². The number of nitro benzene ring substituents is 1. The van der Waals surface area contributed by atoms with E-state index in [0.29, 0.717) is 17.7 Å². The van der Waals surface area contributed by atoms with Crippen molar-refractivity contribution in [3.05, 3.63) is 63.5 Å². The van der Waals surface area contributed by atoms with Crippen molar-refractivity contribution >= 4 is 23.0 Å². The second kappa shape index (κ2) is 7.60. The number of aryl methyl sites for hydroxylation is 1. The van der Waals surface area contributed by atoms with Crippen molar-refractivity contribution in [1.82, 2.24) is 0 Å². The molecule has 2 N–H and O–H groups in total. The zero-order valence-electron chi connectivity index (χ0n) is 14.2. The Morgan fingerprint density at radius 2 is 1.85 bits per heavy atom. The number of nitrogens with zero attached hydrogens (tertiary/aromatic N) is 1. The second-order valence-corrected chi connectivity index (χ2v) is 5.81. The minimum Gasteiger partial charge on any atom is -0.368 e. The van der Waals surface area contributed by atoms with Gasteiger partial charge in [-0.1, -0.05) is 6.07 Å². The zero-order chi connectivity index (χ0) is 20.4. The summed E-state index contributed by atoms with van der Waals surface area (Å²) in [6, 6.07) is 4.96. The second-order valence-electron chi connectivity index (χ2n) is 5.81. The molecule has 10 heteroatoms. The summed E-state index contributed by atoms with van der Waals surface area (Å²) in [7, 11) is 0. The topological polar surface area (TPSA) is 84.3 Å². The SMILES string of the molecule is Cc1ccc(NC(=O)[C@H](C)Nc2ccc(C(F)(F)F)cc2[N+](=O)[O-])cc1F. The summed E-state index contributed by atoms with van der Waals surface area (Å²) in [6.07, 6.45) is -4.73. The molecule has 0 unspecified atom stereocenters. The van der Waals surface area contributed by atoms with Crippen LogP contribution in [0.5, 0.6) is 0 Å². The van der Waals surface area contributed by atoms with Crippen molar-refractivity contribution in [2.24, 2.45) is 0 Å². The fourth-order valence-electron chi connectivity index (χ4n) is 2.20. The van der Waals surface area contributed by atoms with E-state index < -0.39 is 40.1 Å². The molecule has 0 saturated carbocycles. The summed E-state index contributed by atoms with van der Waals surface area (Å²) >= 11 is 0. The van der Waals surface area contributed by atoms with Crippen LogP contribution in [0.1, 0.15) is 18.1 Å². The average Bonchev–Trinajstić information content (AvgIpc) is 2.57. The van der Waals surface area contributed by atoms with Gasteiger partial charge in [0.25, 0.3) is 5.69 Å². The number of carbonyl (C=O) groups is 1. The van der Waals surface area contributed by atoms with Gasteiger partial charge in [-0.15, -0.1) is 0 Å². The number of nitro groups is 1. The fourth-order valence-corrected chi connectivity index (χ4v) is 2.20. The number of anilines is 2. The molecule has 0 aromatic heterocycles. The van der Waals surface area contributed by atoms with Crippen LogP contribution in [-0.4, -0.2) is 16.9 Å². The first-order valence-corrected chi connectivity index (χ1v) is 7.68. The predicted octanol–water partition coefficient (Wildman–Crippen LogP) is 4.50. The zero-order valence-corrected chi connectivity index (χ0v) is 14.2. The number of nitrogens with one attached hydrogen (secondary N) is 2. The van der Waals surface area contributed by atoms with Crippen molar-refractivity contribution < 1.29 is 27.3 Å². The van der Waals surface area contributed by atoms with Gasteiger partial charge in [0.05, 0.1) is 10.5 Å². The maximum atomic E-state index is 13.5. The van der Waals surface area contributed by atoms with Gasteiger partial charge in [0.2, 0.25) is 5.91 Å². The van der Waals surface area contributed by atoms with Crippen molar-refractivity contribution in [3.8, 4) is 0 Å². The van der Waals surface area contributed by atoms with Crippen LogP contribution in [0.3, 0.4) is 0 Å². The number of hydrogen-bond donors (Lipinski definition) is 2. The molecular formula is C17H15F4N3O3. The maximum absolute atomic E-state index is 13.5. The summed E-state index contributed by atoms with van der Waals surface area (Å²) in [6.45, 7) is 2.91. The largest absolute Gasteiger partial charge is 0.416 e. The number of halogens is 4. The monoisotopic (exact) mass is 385 g/mol. The molecule has 0 saturated heterocycles. The van der Waals surface area contributed by atoms with Gasteiger partial charge in [-0.05, 0) is 43.7 Å². The summed E-state index contributed by atoms with van der Waals surface area (Å²) < 4.78 is 51.7. The van der Waals surface area contributed by atoms with Crippen LogP contribution in [0.25, 0.3) is 0 Å². The minimum atomic E-state index is -4.73. The molecule has 0 spiro atoms. The molecular weight excluding hydrogens is 370 g/mol. The minimum absolute atomic E-state index is 0.179. The van der Waals surface area contributed by atoms with Gasteiger partial charge in [-0.3, -0.25) is 14.9 Å². The molecule has 0 aliphatic heterocycles. The molecule has 0 fully saturated rings. The number of amides is 1. The van der Waals surface area contributed by atoms with Crippen molar-refractivity contribution in [1.29, 1.82) is 0 Å². The van der Waals surface area contributed by atoms with E-state index in [1.165, 1.54) is 19.1 Å². The van der Waals surface area contributed by atoms with E-state index >= 15 is 0 Å². The summed E-state index contributed by atoms with van der Waals surface area (Å²) in [5.41, 5.74) is -1.67. The number of benzene rings is 2. The van der Waals surface area contributed by atoms with E-state index in [1.54, 1.807) is 6.92 Å². The first-order valence-electron chi connectivity index (χ1n) is 7.68. The van der Waals surface area contributed by atoms with Gasteiger partial charge in [-0.25, -0.2) is 4.39 Å². The Hall–Kier alpha value is -3.17.